The van der Waals surface area contributed by atoms with E-state index in [-0.39, 0.29) is 17.8 Å². The van der Waals surface area contributed by atoms with E-state index < -0.39 is 0 Å². The average Bonchev–Trinajstić information content (AvgIpc) is 2.79. The number of hydrogen-bond acceptors (Lipinski definition) is 4. The molecule has 21 heavy (non-hydrogen) atoms. The number of aliphatic hydroxyl groups excluding tert-OH is 1. The smallest absolute Gasteiger partial charge is 0.145 e. The molecule has 1 spiro atoms. The highest BCUT2D eigenvalue weighted by atomic mass is 19.1. The van der Waals surface area contributed by atoms with Gasteiger partial charge in [-0.15, -0.1) is 0 Å². The summed E-state index contributed by atoms with van der Waals surface area (Å²) in [6.45, 7) is 4.97. The second-order valence-corrected chi connectivity index (χ2v) is 6.68. The number of aromatic nitrogens is 1. The molecule has 116 valence electrons. The first-order valence-corrected chi connectivity index (χ1v) is 7.73. The molecule has 4 nitrogen and oxygen atoms in total. The Balaban J connectivity index is 1.62. The van der Waals surface area contributed by atoms with Crippen LogP contribution >= 0.6 is 0 Å². The van der Waals surface area contributed by atoms with Gasteiger partial charge in [-0.25, -0.2) is 4.39 Å². The predicted octanol–water partition coefficient (Wildman–Crippen LogP) is 1.36. The minimum Gasteiger partial charge on any atom is -0.396 e. The van der Waals surface area contributed by atoms with Gasteiger partial charge < -0.3 is 10.0 Å². The molecule has 0 saturated carbocycles. The van der Waals surface area contributed by atoms with Gasteiger partial charge in [0.2, 0.25) is 0 Å². The highest BCUT2D eigenvalue weighted by Gasteiger charge is 2.46. The van der Waals surface area contributed by atoms with Gasteiger partial charge in [-0.2, -0.15) is 0 Å². The van der Waals surface area contributed by atoms with Gasteiger partial charge in [-0.1, -0.05) is 0 Å². The van der Waals surface area contributed by atoms with E-state index in [1.165, 1.54) is 6.20 Å². The maximum atomic E-state index is 13.7. The Kier molecular flexibility index (Phi) is 4.24. The molecule has 1 aromatic heterocycles. The molecule has 0 radical (unpaired) electrons. The minimum absolute atomic E-state index is 0.216. The van der Waals surface area contributed by atoms with E-state index in [4.69, 9.17) is 0 Å². The van der Waals surface area contributed by atoms with Crippen LogP contribution in [0, 0.1) is 17.2 Å². The third kappa shape index (κ3) is 2.96. The Morgan fingerprint density at radius 3 is 2.86 bits per heavy atom. The molecule has 2 saturated heterocycles. The number of piperidine rings is 1. The summed E-state index contributed by atoms with van der Waals surface area (Å²) in [4.78, 5) is 8.45. The Morgan fingerprint density at radius 1 is 1.43 bits per heavy atom. The van der Waals surface area contributed by atoms with Crippen LogP contribution in [-0.2, 0) is 6.54 Å². The Hall–Kier alpha value is -1.04. The minimum atomic E-state index is -0.216. The predicted molar refractivity (Wildman–Crippen MR) is 79.2 cm³/mol. The fourth-order valence-electron chi connectivity index (χ4n) is 4.05. The van der Waals surface area contributed by atoms with Crippen molar-refractivity contribution >= 4 is 0 Å². The molecule has 1 unspecified atom stereocenters. The fraction of sp³-hybridized carbons (Fsp3) is 0.688. The number of likely N-dealkylation sites (tertiary alicyclic amines) is 2. The molecule has 3 rings (SSSR count). The van der Waals surface area contributed by atoms with Crippen molar-refractivity contribution < 1.29 is 9.50 Å². The van der Waals surface area contributed by atoms with Crippen molar-refractivity contribution in [1.82, 2.24) is 14.8 Å². The zero-order chi connectivity index (χ0) is 14.9. The van der Waals surface area contributed by atoms with E-state index >= 15 is 0 Å². The lowest BCUT2D eigenvalue weighted by molar-refractivity contribution is 0.0484. The molecule has 0 bridgehead atoms. The van der Waals surface area contributed by atoms with E-state index in [2.05, 4.69) is 21.8 Å². The topological polar surface area (TPSA) is 39.6 Å². The molecule has 0 aromatic carbocycles. The van der Waals surface area contributed by atoms with E-state index in [1.54, 1.807) is 12.3 Å². The van der Waals surface area contributed by atoms with E-state index in [9.17, 15) is 9.50 Å². The Labute approximate surface area is 125 Å². The molecule has 2 aliphatic heterocycles. The summed E-state index contributed by atoms with van der Waals surface area (Å²) in [7, 11) is 2.14. The Morgan fingerprint density at radius 2 is 2.19 bits per heavy atom. The number of hydrogen-bond donors (Lipinski definition) is 1. The van der Waals surface area contributed by atoms with Gasteiger partial charge in [0, 0.05) is 43.9 Å². The van der Waals surface area contributed by atoms with Crippen molar-refractivity contribution in [3.05, 3.63) is 29.8 Å². The van der Waals surface area contributed by atoms with Crippen LogP contribution in [0.25, 0.3) is 0 Å². The maximum Gasteiger partial charge on any atom is 0.145 e. The molecular formula is C16H24FN3O. The molecule has 1 aromatic rings. The zero-order valence-corrected chi connectivity index (χ0v) is 12.6. The quantitative estimate of drug-likeness (QED) is 0.913. The molecule has 0 aliphatic carbocycles. The van der Waals surface area contributed by atoms with E-state index in [0.717, 1.165) is 44.6 Å². The monoisotopic (exact) mass is 293 g/mol. The summed E-state index contributed by atoms with van der Waals surface area (Å²) < 4.78 is 13.7. The summed E-state index contributed by atoms with van der Waals surface area (Å²) in [5.41, 5.74) is 0.986. The molecule has 2 fully saturated rings. The van der Waals surface area contributed by atoms with Crippen molar-refractivity contribution in [1.29, 1.82) is 0 Å². The fourth-order valence-corrected chi connectivity index (χ4v) is 4.05. The van der Waals surface area contributed by atoms with Gasteiger partial charge in [0.05, 0.1) is 6.20 Å². The van der Waals surface area contributed by atoms with Gasteiger partial charge in [-0.05, 0) is 44.5 Å². The van der Waals surface area contributed by atoms with Gasteiger partial charge in [0.25, 0.3) is 0 Å². The maximum absolute atomic E-state index is 13.7. The number of halogens is 1. The van der Waals surface area contributed by atoms with Crippen molar-refractivity contribution in [3.8, 4) is 0 Å². The van der Waals surface area contributed by atoms with Crippen LogP contribution in [0.1, 0.15) is 18.4 Å². The van der Waals surface area contributed by atoms with Crippen LogP contribution in [0.3, 0.4) is 0 Å². The second-order valence-electron chi connectivity index (χ2n) is 6.68. The lowest BCUT2D eigenvalue weighted by Gasteiger charge is -2.42. The van der Waals surface area contributed by atoms with Crippen LogP contribution in [0.2, 0.25) is 0 Å². The van der Waals surface area contributed by atoms with E-state index in [0.29, 0.717) is 12.5 Å². The molecule has 1 N–H and O–H groups in total. The summed E-state index contributed by atoms with van der Waals surface area (Å²) in [5, 5.41) is 9.64. The number of nitrogens with zero attached hydrogens (tertiary/aromatic N) is 3. The van der Waals surface area contributed by atoms with Crippen LogP contribution < -0.4 is 0 Å². The summed E-state index contributed by atoms with van der Waals surface area (Å²) in [6.07, 6.45) is 5.12. The Bertz CT molecular complexity index is 488. The molecular weight excluding hydrogens is 269 g/mol. The lowest BCUT2D eigenvalue weighted by Crippen LogP contribution is -2.44. The average molecular weight is 293 g/mol. The lowest BCUT2D eigenvalue weighted by atomic mass is 9.71. The van der Waals surface area contributed by atoms with Crippen LogP contribution in [0.15, 0.2) is 18.5 Å². The summed E-state index contributed by atoms with van der Waals surface area (Å²) in [5.74, 6) is 0.175. The summed E-state index contributed by atoms with van der Waals surface area (Å²) in [6, 6.07) is 1.76. The number of pyridine rings is 1. The molecule has 0 amide bonds. The van der Waals surface area contributed by atoms with Crippen LogP contribution in [-0.4, -0.2) is 59.7 Å². The molecule has 5 heteroatoms. The van der Waals surface area contributed by atoms with Gasteiger partial charge in [0.15, 0.2) is 0 Å². The second kappa shape index (κ2) is 5.99. The van der Waals surface area contributed by atoms with Crippen molar-refractivity contribution in [3.63, 3.8) is 0 Å². The van der Waals surface area contributed by atoms with Crippen LogP contribution in [0.5, 0.6) is 0 Å². The first-order valence-electron chi connectivity index (χ1n) is 7.73. The number of rotatable bonds is 3. The number of aliphatic hydroxyl groups is 1. The molecule has 1 atom stereocenters. The first-order chi connectivity index (χ1) is 10.1. The van der Waals surface area contributed by atoms with Crippen molar-refractivity contribution in [2.75, 3.05) is 39.8 Å². The summed E-state index contributed by atoms with van der Waals surface area (Å²) >= 11 is 0. The van der Waals surface area contributed by atoms with Crippen molar-refractivity contribution in [2.45, 2.75) is 19.4 Å². The van der Waals surface area contributed by atoms with Gasteiger partial charge in [-0.3, -0.25) is 9.88 Å². The largest absolute Gasteiger partial charge is 0.396 e. The highest BCUT2D eigenvalue weighted by Crippen LogP contribution is 2.44. The van der Waals surface area contributed by atoms with Gasteiger partial charge in [0.1, 0.15) is 5.82 Å². The molecule has 3 heterocycles. The third-order valence-corrected chi connectivity index (χ3v) is 5.31. The zero-order valence-electron chi connectivity index (χ0n) is 12.6. The normalized spacial score (nSPS) is 26.5. The van der Waals surface area contributed by atoms with E-state index in [1.807, 2.05) is 0 Å². The van der Waals surface area contributed by atoms with Crippen molar-refractivity contribution in [2.24, 2.45) is 11.3 Å². The SMILES string of the molecule is CN1CC(CO)C2(CCN(Cc3ccncc3F)CC2)C1. The standard InChI is InChI=1S/C16H24FN3O/c1-19-10-14(11-21)16(12-19)3-6-20(7-4-16)9-13-2-5-18-8-15(13)17/h2,5,8,14,21H,3-4,6-7,9-12H2,1H3. The highest BCUT2D eigenvalue weighted by molar-refractivity contribution is 5.12. The first kappa shape index (κ1) is 14.9. The third-order valence-electron chi connectivity index (χ3n) is 5.31. The van der Waals surface area contributed by atoms with Crippen LogP contribution in [0.4, 0.5) is 4.39 Å². The van der Waals surface area contributed by atoms with Gasteiger partial charge >= 0.3 is 0 Å². The molecule has 2 aliphatic rings.